The number of fused-ring (bicyclic) bond motifs is 8. The van der Waals surface area contributed by atoms with Crippen molar-refractivity contribution in [1.82, 2.24) is 21.3 Å². The summed E-state index contributed by atoms with van der Waals surface area (Å²) in [6.45, 7) is 15.3. The molecule has 2 aliphatic heterocycles. The predicted molar refractivity (Wildman–Crippen MR) is 387 cm³/mol. The van der Waals surface area contributed by atoms with Gasteiger partial charge in [0, 0.05) is 92.2 Å². The molecule has 7 rings (SSSR count). The van der Waals surface area contributed by atoms with Crippen molar-refractivity contribution in [1.29, 1.82) is 0 Å². The molecule has 4 aromatic rings. The Morgan fingerprint density at radius 3 is 0.884 bits per heavy atom. The second kappa shape index (κ2) is 41.6. The number of rotatable bonds is 34. The molecule has 12 unspecified atom stereocenters. The molecule has 2 heterocycles. The summed E-state index contributed by atoms with van der Waals surface area (Å²) in [5, 5.41) is 31.4. The first-order valence-electron chi connectivity index (χ1n) is 36.5. The van der Waals surface area contributed by atoms with Gasteiger partial charge in [-0.3, -0.25) is 57.5 Å². The van der Waals surface area contributed by atoms with Gasteiger partial charge in [0.15, 0.2) is 49.1 Å². The second-order valence-corrected chi connectivity index (χ2v) is 26.7. The van der Waals surface area contributed by atoms with Crippen molar-refractivity contribution in [2.24, 2.45) is 0 Å². The lowest BCUT2D eigenvalue weighted by Gasteiger charge is -2.44. The third kappa shape index (κ3) is 24.8. The van der Waals surface area contributed by atoms with Crippen LogP contribution in [-0.4, -0.2) is 207 Å². The van der Waals surface area contributed by atoms with E-state index < -0.39 is 183 Å². The Hall–Kier alpha value is -11.4. The zero-order valence-electron chi connectivity index (χ0n) is 64.3. The van der Waals surface area contributed by atoms with E-state index in [2.05, 4.69) is 21.3 Å². The molecule has 4 amide bonds. The topological polar surface area (TPSA) is 457 Å². The molecule has 34 heteroatoms. The highest BCUT2D eigenvalue weighted by atomic mass is 16.7. The van der Waals surface area contributed by atoms with Gasteiger partial charge in [-0.1, -0.05) is 64.1 Å². The minimum absolute atomic E-state index is 0.00913. The van der Waals surface area contributed by atoms with Crippen molar-refractivity contribution in [2.75, 3.05) is 39.6 Å². The van der Waals surface area contributed by atoms with Crippen LogP contribution in [-0.2, 0) is 131 Å². The van der Waals surface area contributed by atoms with Crippen LogP contribution < -0.4 is 40.2 Å². The van der Waals surface area contributed by atoms with Crippen molar-refractivity contribution in [3.8, 4) is 23.0 Å². The third-order valence-electron chi connectivity index (χ3n) is 17.3. The van der Waals surface area contributed by atoms with Crippen LogP contribution in [0.3, 0.4) is 0 Å². The lowest BCUT2D eigenvalue weighted by atomic mass is 9.89. The molecule has 608 valence electrons. The lowest BCUT2D eigenvalue weighted by Crippen LogP contribution is -2.66. The van der Waals surface area contributed by atoms with Gasteiger partial charge in [-0.15, -0.1) is 0 Å². The molecule has 34 nitrogen and oxygen atoms in total. The van der Waals surface area contributed by atoms with E-state index in [1.165, 1.54) is 24.3 Å². The SMILES string of the molecule is CCCOc1c2cccc1Cc1cc(C(=O)NC(CC(=O)NC3OC(COC(C)=O)C(OC(C)=O)C(OC(C)=O)C3OC(C)=O)C(=O)O)cc(c1OCCC)Cc1cccc(c1OCCC)Cc1cc(C(=O)NC(CC(=O)NC3OC(COC(C)=O)C(OC(C)=O)C(OC(C)=O)C3OC(C)=O)C(=O)O)cc(c1OCCC)C2. The Kier molecular flexibility index (Phi) is 32.6. The van der Waals surface area contributed by atoms with Gasteiger partial charge < -0.3 is 97.8 Å². The number of esters is 8. The minimum atomic E-state index is -1.98. The molecule has 1 aliphatic carbocycles. The van der Waals surface area contributed by atoms with E-state index in [0.717, 1.165) is 55.4 Å². The summed E-state index contributed by atoms with van der Waals surface area (Å²) in [5.74, 6) is -13.2. The molecular formula is C78H96N4O30. The smallest absolute Gasteiger partial charge is 0.326 e. The van der Waals surface area contributed by atoms with Gasteiger partial charge in [-0.2, -0.15) is 0 Å². The first-order chi connectivity index (χ1) is 53.2. The number of carbonyl (C=O) groups is 14. The molecule has 2 fully saturated rings. The maximum atomic E-state index is 15.0. The van der Waals surface area contributed by atoms with E-state index >= 15 is 9.59 Å². The maximum absolute atomic E-state index is 15.0. The van der Waals surface area contributed by atoms with Crippen LogP contribution in [0.1, 0.15) is 187 Å². The van der Waals surface area contributed by atoms with Gasteiger partial charge in [-0.25, -0.2) is 9.59 Å². The van der Waals surface area contributed by atoms with Gasteiger partial charge >= 0.3 is 59.7 Å². The molecule has 3 aliphatic rings. The zero-order chi connectivity index (χ0) is 82.2. The fraction of sp³-hybridized carbons (Fsp3) is 0.513. The Morgan fingerprint density at radius 1 is 0.375 bits per heavy atom. The lowest BCUT2D eigenvalue weighted by molar-refractivity contribution is -0.257. The summed E-state index contributed by atoms with van der Waals surface area (Å²) in [5.41, 5.74) is 3.81. The minimum Gasteiger partial charge on any atom is -0.493 e. The predicted octanol–water partition coefficient (Wildman–Crippen LogP) is 5.06. The summed E-state index contributed by atoms with van der Waals surface area (Å²) >= 11 is 0. The molecule has 0 radical (unpaired) electrons. The van der Waals surface area contributed by atoms with Crippen LogP contribution >= 0.6 is 0 Å². The Morgan fingerprint density at radius 2 is 0.634 bits per heavy atom. The highest BCUT2D eigenvalue weighted by Crippen LogP contribution is 2.41. The average Bonchev–Trinajstić information content (AvgIpc) is 0.785. The van der Waals surface area contributed by atoms with Crippen molar-refractivity contribution in [2.45, 2.75) is 221 Å². The number of aliphatic carboxylic acids is 2. The van der Waals surface area contributed by atoms with Gasteiger partial charge in [0.05, 0.1) is 39.3 Å². The number of amides is 4. The number of carboxylic acid groups (broad SMARTS) is 2. The highest BCUT2D eigenvalue weighted by molar-refractivity contribution is 5.99. The normalized spacial score (nSPS) is 20.1. The monoisotopic (exact) mass is 1570 g/mol. The number of benzene rings is 4. The number of carboxylic acids is 2. The first-order valence-corrected chi connectivity index (χ1v) is 36.5. The van der Waals surface area contributed by atoms with Crippen LogP contribution in [0.25, 0.3) is 0 Å². The van der Waals surface area contributed by atoms with E-state index in [1.54, 1.807) is 36.4 Å². The number of para-hydroxylation sites is 2. The van der Waals surface area contributed by atoms with Crippen LogP contribution in [0.5, 0.6) is 23.0 Å². The van der Waals surface area contributed by atoms with E-state index in [0.29, 0.717) is 93.2 Å². The molecule has 0 saturated carbocycles. The van der Waals surface area contributed by atoms with Crippen LogP contribution in [0.4, 0.5) is 0 Å². The molecule has 0 aromatic heterocycles. The summed E-state index contributed by atoms with van der Waals surface area (Å²) in [6, 6.07) is 12.9. The Bertz CT molecular complexity index is 3790. The van der Waals surface area contributed by atoms with Gasteiger partial charge in [-0.05, 0) is 94.5 Å². The molecule has 8 bridgehead atoms. The van der Waals surface area contributed by atoms with Gasteiger partial charge in [0.2, 0.25) is 11.8 Å². The number of carbonyl (C=O) groups excluding carboxylic acids is 12. The van der Waals surface area contributed by atoms with Crippen LogP contribution in [0.2, 0.25) is 0 Å². The number of nitrogens with one attached hydrogen (secondary N) is 4. The zero-order valence-corrected chi connectivity index (χ0v) is 64.3. The molecule has 12 atom stereocenters. The van der Waals surface area contributed by atoms with Crippen molar-refractivity contribution in [3.05, 3.63) is 116 Å². The van der Waals surface area contributed by atoms with E-state index in [1.807, 2.05) is 27.7 Å². The molecule has 112 heavy (non-hydrogen) atoms. The summed E-state index contributed by atoms with van der Waals surface area (Å²) < 4.78 is 81.8. The highest BCUT2D eigenvalue weighted by Gasteiger charge is 2.55. The molecule has 2 saturated heterocycles. The quantitative estimate of drug-likeness (QED) is 0.0231. The number of hydrogen-bond acceptors (Lipinski definition) is 28. The molecule has 4 aromatic carbocycles. The van der Waals surface area contributed by atoms with E-state index in [9.17, 15) is 67.7 Å². The van der Waals surface area contributed by atoms with Crippen LogP contribution in [0.15, 0.2) is 60.7 Å². The fourth-order valence-electron chi connectivity index (χ4n) is 12.9. The Balaban J connectivity index is 1.30. The first kappa shape index (κ1) is 87.8. The summed E-state index contributed by atoms with van der Waals surface area (Å²) in [4.78, 5) is 184. The number of hydrogen-bond donors (Lipinski definition) is 6. The summed E-state index contributed by atoms with van der Waals surface area (Å²) in [7, 11) is 0. The standard InChI is InChI=1S/C78H96N4O30/c1-13-23-99-63-47-19-17-20-48(63)28-52-32-56(74(94)80-58(78(97)98)36-62(92)82-76-72(110-46(12)90)70(108-44(10)88)68(106-42(8)86)60(112-76)38-104-40(6)84)34-54(66(52)102-26-16-4)30-50-22-18-21-49(64(50)100-24-14-2)29-53-33-55(31-51(27-47)65(53)101-25-15-3)73(93)79-57(77(95)96)35-61(91)81-75-71(109-45(11)89)69(107-43(9)87)67(105-41(7)85)59(111-75)37-103-39(5)83/h17-22,31-34,57-60,67-72,75-76H,13-16,23-30,35-38H2,1-12H3,(H,79,93)(H,80,94)(H,81,91)(H,82,92)(H,95,96)(H,97,98). The third-order valence-corrected chi connectivity index (χ3v) is 17.3. The largest absolute Gasteiger partial charge is 0.493 e. The van der Waals surface area contributed by atoms with E-state index in [4.69, 9.17) is 66.3 Å². The second-order valence-electron chi connectivity index (χ2n) is 26.7. The van der Waals surface area contributed by atoms with Crippen molar-refractivity contribution < 1.29 is 144 Å². The fourth-order valence-corrected chi connectivity index (χ4v) is 12.9. The van der Waals surface area contributed by atoms with Crippen molar-refractivity contribution in [3.63, 3.8) is 0 Å². The Labute approximate surface area is 645 Å². The van der Waals surface area contributed by atoms with Gasteiger partial charge in [0.1, 0.15) is 60.5 Å². The van der Waals surface area contributed by atoms with Crippen molar-refractivity contribution >= 4 is 83.3 Å². The molecule has 0 spiro atoms. The number of ether oxygens (including phenoxy) is 14. The van der Waals surface area contributed by atoms with Gasteiger partial charge in [0.25, 0.3) is 11.8 Å². The van der Waals surface area contributed by atoms with E-state index in [-0.39, 0.29) is 63.2 Å². The molecule has 6 N–H and O–H groups in total. The maximum Gasteiger partial charge on any atom is 0.326 e. The van der Waals surface area contributed by atoms with Crippen LogP contribution in [0, 0.1) is 0 Å². The average molecular weight is 1570 g/mol. The molecular weight excluding hydrogens is 1470 g/mol. The summed E-state index contributed by atoms with van der Waals surface area (Å²) in [6.07, 6.45) is -16.4.